The maximum absolute atomic E-state index is 5.93. The highest BCUT2D eigenvalue weighted by atomic mass is 79.9. The summed E-state index contributed by atoms with van der Waals surface area (Å²) in [4.78, 5) is 8.73. The van der Waals surface area contributed by atoms with E-state index in [0.29, 0.717) is 23.3 Å². The largest absolute Gasteiger partial charge is 0.497 e. The van der Waals surface area contributed by atoms with Gasteiger partial charge in [0.25, 0.3) is 0 Å². The molecule has 1 aromatic carbocycles. The van der Waals surface area contributed by atoms with E-state index < -0.39 is 0 Å². The zero-order valence-corrected chi connectivity index (χ0v) is 14.1. The fraction of sp³-hybridized carbons (Fsp3) is 0.333. The molecule has 1 aromatic heterocycles. The fourth-order valence-corrected chi connectivity index (χ4v) is 2.12. The van der Waals surface area contributed by atoms with Crippen molar-refractivity contribution >= 4 is 21.7 Å². The van der Waals surface area contributed by atoms with E-state index in [2.05, 4.69) is 25.9 Å². The standard InChI is InChI=1S/C15H18BrN3O2/c1-8(2)14-18-13(17)9(3)15(19-14)21-12-6-5-10(20-4)7-11(12)16/h5-8H,1-4H3,(H2,17,18,19). The molecule has 0 unspecified atom stereocenters. The summed E-state index contributed by atoms with van der Waals surface area (Å²) in [5, 5.41) is 0. The first-order valence-electron chi connectivity index (χ1n) is 6.57. The lowest BCUT2D eigenvalue weighted by Gasteiger charge is -2.13. The first-order chi connectivity index (χ1) is 9.92. The van der Waals surface area contributed by atoms with Crippen molar-refractivity contribution in [2.75, 3.05) is 12.8 Å². The van der Waals surface area contributed by atoms with Crippen LogP contribution in [0.2, 0.25) is 0 Å². The number of methoxy groups -OCH3 is 1. The average molecular weight is 352 g/mol. The summed E-state index contributed by atoms with van der Waals surface area (Å²) in [6.45, 7) is 5.86. The minimum Gasteiger partial charge on any atom is -0.497 e. The van der Waals surface area contributed by atoms with Crippen LogP contribution in [0.25, 0.3) is 0 Å². The van der Waals surface area contributed by atoms with Crippen LogP contribution in [0, 0.1) is 6.92 Å². The van der Waals surface area contributed by atoms with Crippen molar-refractivity contribution in [1.82, 2.24) is 9.97 Å². The van der Waals surface area contributed by atoms with Crippen LogP contribution in [0.1, 0.15) is 31.2 Å². The second kappa shape index (κ2) is 6.30. The number of anilines is 1. The van der Waals surface area contributed by atoms with Crippen LogP contribution in [0.4, 0.5) is 5.82 Å². The molecule has 0 radical (unpaired) electrons. The van der Waals surface area contributed by atoms with Crippen LogP contribution in [0.15, 0.2) is 22.7 Å². The van der Waals surface area contributed by atoms with E-state index in [1.165, 1.54) is 0 Å². The Morgan fingerprint density at radius 1 is 1.24 bits per heavy atom. The van der Waals surface area contributed by atoms with Gasteiger partial charge in [0.1, 0.15) is 23.1 Å². The number of nitrogen functional groups attached to an aromatic ring is 1. The van der Waals surface area contributed by atoms with Gasteiger partial charge in [-0.05, 0) is 41.1 Å². The van der Waals surface area contributed by atoms with Gasteiger partial charge in [-0.15, -0.1) is 0 Å². The number of hydrogen-bond donors (Lipinski definition) is 1. The molecule has 0 atom stereocenters. The van der Waals surface area contributed by atoms with Crippen molar-refractivity contribution in [3.05, 3.63) is 34.1 Å². The molecule has 21 heavy (non-hydrogen) atoms. The van der Waals surface area contributed by atoms with Gasteiger partial charge in [0.05, 0.1) is 17.1 Å². The molecule has 0 spiro atoms. The van der Waals surface area contributed by atoms with E-state index in [-0.39, 0.29) is 5.92 Å². The van der Waals surface area contributed by atoms with E-state index in [0.717, 1.165) is 15.8 Å². The molecule has 2 rings (SSSR count). The quantitative estimate of drug-likeness (QED) is 0.899. The van der Waals surface area contributed by atoms with Crippen LogP contribution in [-0.4, -0.2) is 17.1 Å². The Morgan fingerprint density at radius 3 is 2.52 bits per heavy atom. The van der Waals surface area contributed by atoms with Crippen molar-refractivity contribution < 1.29 is 9.47 Å². The Labute approximate surface area is 132 Å². The molecule has 0 saturated carbocycles. The molecule has 0 bridgehead atoms. The number of halogens is 1. The highest BCUT2D eigenvalue weighted by Gasteiger charge is 2.14. The molecule has 0 aliphatic carbocycles. The number of aromatic nitrogens is 2. The highest BCUT2D eigenvalue weighted by Crippen LogP contribution is 2.34. The molecule has 0 saturated heterocycles. The molecule has 5 nitrogen and oxygen atoms in total. The number of rotatable bonds is 4. The molecule has 0 aliphatic rings. The molecular weight excluding hydrogens is 334 g/mol. The lowest BCUT2D eigenvalue weighted by atomic mass is 10.2. The predicted molar refractivity (Wildman–Crippen MR) is 86.0 cm³/mol. The highest BCUT2D eigenvalue weighted by molar-refractivity contribution is 9.10. The Hall–Kier alpha value is -1.82. The Morgan fingerprint density at radius 2 is 1.95 bits per heavy atom. The third kappa shape index (κ3) is 3.44. The lowest BCUT2D eigenvalue weighted by Crippen LogP contribution is -2.06. The van der Waals surface area contributed by atoms with Gasteiger partial charge >= 0.3 is 0 Å². The summed E-state index contributed by atoms with van der Waals surface area (Å²) in [6, 6.07) is 5.47. The third-order valence-electron chi connectivity index (χ3n) is 3.02. The second-order valence-electron chi connectivity index (χ2n) is 4.95. The molecular formula is C15H18BrN3O2. The van der Waals surface area contributed by atoms with Crippen LogP contribution in [-0.2, 0) is 0 Å². The summed E-state index contributed by atoms with van der Waals surface area (Å²) in [7, 11) is 1.62. The van der Waals surface area contributed by atoms with Crippen molar-refractivity contribution in [3.8, 4) is 17.4 Å². The molecule has 112 valence electrons. The Bertz CT molecular complexity index is 660. The predicted octanol–water partition coefficient (Wildman–Crippen LogP) is 4.05. The van der Waals surface area contributed by atoms with Gasteiger partial charge in [0.15, 0.2) is 0 Å². The van der Waals surface area contributed by atoms with Gasteiger partial charge in [-0.25, -0.2) is 4.98 Å². The van der Waals surface area contributed by atoms with Gasteiger partial charge in [0.2, 0.25) is 5.88 Å². The molecule has 1 heterocycles. The number of benzene rings is 1. The number of ether oxygens (including phenoxy) is 2. The topological polar surface area (TPSA) is 70.3 Å². The first kappa shape index (κ1) is 15.6. The van der Waals surface area contributed by atoms with Crippen molar-refractivity contribution in [2.45, 2.75) is 26.7 Å². The van der Waals surface area contributed by atoms with Crippen LogP contribution < -0.4 is 15.2 Å². The van der Waals surface area contributed by atoms with E-state index in [1.807, 2.05) is 39.0 Å². The summed E-state index contributed by atoms with van der Waals surface area (Å²) >= 11 is 3.46. The summed E-state index contributed by atoms with van der Waals surface area (Å²) in [6.07, 6.45) is 0. The van der Waals surface area contributed by atoms with E-state index >= 15 is 0 Å². The van der Waals surface area contributed by atoms with Crippen molar-refractivity contribution in [1.29, 1.82) is 0 Å². The van der Waals surface area contributed by atoms with E-state index in [4.69, 9.17) is 15.2 Å². The minimum absolute atomic E-state index is 0.176. The van der Waals surface area contributed by atoms with Gasteiger partial charge in [-0.3, -0.25) is 0 Å². The van der Waals surface area contributed by atoms with Crippen LogP contribution in [0.3, 0.4) is 0 Å². The van der Waals surface area contributed by atoms with Crippen molar-refractivity contribution in [2.24, 2.45) is 0 Å². The average Bonchev–Trinajstić information content (AvgIpc) is 2.45. The molecule has 6 heteroatoms. The smallest absolute Gasteiger partial charge is 0.227 e. The zero-order valence-electron chi connectivity index (χ0n) is 12.5. The molecule has 0 amide bonds. The maximum Gasteiger partial charge on any atom is 0.227 e. The molecule has 2 N–H and O–H groups in total. The molecule has 2 aromatic rings. The normalized spacial score (nSPS) is 10.8. The Balaban J connectivity index is 2.39. The maximum atomic E-state index is 5.93. The molecule has 0 aliphatic heterocycles. The second-order valence-corrected chi connectivity index (χ2v) is 5.80. The summed E-state index contributed by atoms with van der Waals surface area (Å²) in [5.41, 5.74) is 6.66. The van der Waals surface area contributed by atoms with Gasteiger partial charge < -0.3 is 15.2 Å². The van der Waals surface area contributed by atoms with Crippen LogP contribution >= 0.6 is 15.9 Å². The SMILES string of the molecule is COc1ccc(Oc2nc(C(C)C)nc(N)c2C)c(Br)c1. The lowest BCUT2D eigenvalue weighted by molar-refractivity contribution is 0.411. The Kier molecular flexibility index (Phi) is 4.67. The van der Waals surface area contributed by atoms with Gasteiger partial charge in [-0.1, -0.05) is 13.8 Å². The van der Waals surface area contributed by atoms with Crippen molar-refractivity contribution in [3.63, 3.8) is 0 Å². The number of hydrogen-bond acceptors (Lipinski definition) is 5. The van der Waals surface area contributed by atoms with E-state index in [9.17, 15) is 0 Å². The van der Waals surface area contributed by atoms with Gasteiger partial charge in [0, 0.05) is 5.92 Å². The minimum atomic E-state index is 0.176. The fourth-order valence-electron chi connectivity index (χ4n) is 1.68. The first-order valence-corrected chi connectivity index (χ1v) is 7.37. The third-order valence-corrected chi connectivity index (χ3v) is 3.64. The monoisotopic (exact) mass is 351 g/mol. The zero-order chi connectivity index (χ0) is 15.6. The summed E-state index contributed by atoms with van der Waals surface area (Å²) < 4.78 is 11.8. The number of nitrogens with zero attached hydrogens (tertiary/aromatic N) is 2. The van der Waals surface area contributed by atoms with Crippen LogP contribution in [0.5, 0.6) is 17.4 Å². The number of nitrogens with two attached hydrogens (primary N) is 1. The van der Waals surface area contributed by atoms with Gasteiger partial charge in [-0.2, -0.15) is 4.98 Å². The summed E-state index contributed by atoms with van der Waals surface area (Å²) in [5.74, 6) is 3.14. The van der Waals surface area contributed by atoms with E-state index in [1.54, 1.807) is 7.11 Å². The molecule has 0 fully saturated rings.